The van der Waals surface area contributed by atoms with Crippen molar-refractivity contribution in [3.05, 3.63) is 11.1 Å². The summed E-state index contributed by atoms with van der Waals surface area (Å²) in [6, 6.07) is 0. The number of morpholine rings is 1. The third-order valence-corrected chi connectivity index (χ3v) is 4.27. The van der Waals surface area contributed by atoms with Crippen molar-refractivity contribution in [2.24, 2.45) is 5.10 Å². The van der Waals surface area contributed by atoms with Crippen molar-refractivity contribution in [3.8, 4) is 0 Å². The average molecular weight is 310 g/mol. The van der Waals surface area contributed by atoms with E-state index in [2.05, 4.69) is 20.4 Å². The topological polar surface area (TPSA) is 66.8 Å². The zero-order valence-corrected chi connectivity index (χ0v) is 13.4. The number of carbonyl (C=O) groups excluding carboxylic acids is 1. The minimum atomic E-state index is -0.117. The number of aromatic nitrogens is 1. The standard InChI is InChI=1S/C14H22N4O2S/c1-3-11(4-2)16-17-13(19)9-12-10-21-14(15-12)18-5-7-20-8-6-18/h10H,3-9H2,1-2H3,(H,17,19). The third kappa shape index (κ3) is 4.78. The summed E-state index contributed by atoms with van der Waals surface area (Å²) in [5, 5.41) is 7.02. The molecule has 0 atom stereocenters. The van der Waals surface area contributed by atoms with Crippen LogP contribution in [0.5, 0.6) is 0 Å². The van der Waals surface area contributed by atoms with E-state index >= 15 is 0 Å². The molecular weight excluding hydrogens is 288 g/mol. The van der Waals surface area contributed by atoms with Crippen molar-refractivity contribution < 1.29 is 9.53 Å². The van der Waals surface area contributed by atoms with Gasteiger partial charge in [0.05, 0.1) is 25.3 Å². The first-order chi connectivity index (χ1) is 10.2. The number of hydrogen-bond donors (Lipinski definition) is 1. The second kappa shape index (κ2) is 8.09. The molecule has 0 spiro atoms. The molecule has 6 nitrogen and oxygen atoms in total. The van der Waals surface area contributed by atoms with E-state index in [1.54, 1.807) is 11.3 Å². The smallest absolute Gasteiger partial charge is 0.246 e. The van der Waals surface area contributed by atoms with Crippen LogP contribution in [0.1, 0.15) is 32.4 Å². The van der Waals surface area contributed by atoms with Crippen LogP contribution in [-0.2, 0) is 16.0 Å². The second-order valence-corrected chi connectivity index (χ2v) is 5.65. The molecule has 0 unspecified atom stereocenters. The number of nitrogens with one attached hydrogen (secondary N) is 1. The fourth-order valence-corrected chi connectivity index (χ4v) is 2.91. The Balaban J connectivity index is 1.87. The summed E-state index contributed by atoms with van der Waals surface area (Å²) in [5.74, 6) is -0.117. The zero-order chi connectivity index (χ0) is 15.1. The number of hydrazone groups is 1. The van der Waals surface area contributed by atoms with Crippen LogP contribution < -0.4 is 10.3 Å². The van der Waals surface area contributed by atoms with Gasteiger partial charge >= 0.3 is 0 Å². The molecule has 0 saturated carbocycles. The molecule has 1 N–H and O–H groups in total. The molecule has 1 fully saturated rings. The molecule has 0 aromatic carbocycles. The molecule has 1 saturated heterocycles. The van der Waals surface area contributed by atoms with Gasteiger partial charge in [-0.05, 0) is 12.8 Å². The number of rotatable bonds is 6. The van der Waals surface area contributed by atoms with Crippen molar-refractivity contribution in [2.45, 2.75) is 33.1 Å². The Kier molecular flexibility index (Phi) is 6.13. The Morgan fingerprint density at radius 2 is 2.14 bits per heavy atom. The van der Waals surface area contributed by atoms with Crippen LogP contribution >= 0.6 is 11.3 Å². The molecule has 0 radical (unpaired) electrons. The molecule has 0 bridgehead atoms. The van der Waals surface area contributed by atoms with Crippen molar-refractivity contribution >= 4 is 28.1 Å². The maximum atomic E-state index is 11.8. The van der Waals surface area contributed by atoms with Gasteiger partial charge in [-0.1, -0.05) is 13.8 Å². The van der Waals surface area contributed by atoms with Crippen molar-refractivity contribution in [1.29, 1.82) is 0 Å². The minimum Gasteiger partial charge on any atom is -0.378 e. The van der Waals surface area contributed by atoms with Gasteiger partial charge in [-0.3, -0.25) is 4.79 Å². The van der Waals surface area contributed by atoms with Gasteiger partial charge in [-0.25, -0.2) is 10.4 Å². The number of ether oxygens (including phenoxy) is 1. The van der Waals surface area contributed by atoms with Gasteiger partial charge in [0, 0.05) is 24.2 Å². The van der Waals surface area contributed by atoms with E-state index in [1.165, 1.54) is 0 Å². The highest BCUT2D eigenvalue weighted by Crippen LogP contribution is 2.21. The fraction of sp³-hybridized carbons (Fsp3) is 0.643. The van der Waals surface area contributed by atoms with Crippen LogP contribution in [0.4, 0.5) is 5.13 Å². The molecule has 21 heavy (non-hydrogen) atoms. The molecule has 2 rings (SSSR count). The van der Waals surface area contributed by atoms with Crippen LogP contribution in [0.2, 0.25) is 0 Å². The Bertz CT molecular complexity index is 489. The zero-order valence-electron chi connectivity index (χ0n) is 12.6. The molecule has 2 heterocycles. The van der Waals surface area contributed by atoms with Crippen LogP contribution in [0.25, 0.3) is 0 Å². The number of amides is 1. The first-order valence-electron chi connectivity index (χ1n) is 7.34. The summed E-state index contributed by atoms with van der Waals surface area (Å²) in [6.45, 7) is 7.26. The number of anilines is 1. The van der Waals surface area contributed by atoms with E-state index in [9.17, 15) is 4.79 Å². The van der Waals surface area contributed by atoms with E-state index < -0.39 is 0 Å². The highest BCUT2D eigenvalue weighted by atomic mass is 32.1. The SMILES string of the molecule is CCC(CC)=NNC(=O)Cc1csc(N2CCOCC2)n1. The van der Waals surface area contributed by atoms with E-state index in [4.69, 9.17) is 4.74 Å². The van der Waals surface area contributed by atoms with Gasteiger partial charge < -0.3 is 9.64 Å². The van der Waals surface area contributed by atoms with Crippen LogP contribution in [0, 0.1) is 0 Å². The first kappa shape index (κ1) is 15.9. The number of thiazole rings is 1. The molecule has 7 heteroatoms. The summed E-state index contributed by atoms with van der Waals surface area (Å²) in [6.07, 6.45) is 1.98. The van der Waals surface area contributed by atoms with Crippen LogP contribution in [0.3, 0.4) is 0 Å². The first-order valence-corrected chi connectivity index (χ1v) is 8.22. The maximum Gasteiger partial charge on any atom is 0.246 e. The normalized spacial score (nSPS) is 14.9. The molecule has 0 aliphatic carbocycles. The summed E-state index contributed by atoms with van der Waals surface area (Å²) in [4.78, 5) is 18.6. The summed E-state index contributed by atoms with van der Waals surface area (Å²) < 4.78 is 5.32. The lowest BCUT2D eigenvalue weighted by molar-refractivity contribution is -0.120. The van der Waals surface area contributed by atoms with Crippen molar-refractivity contribution in [1.82, 2.24) is 10.4 Å². The van der Waals surface area contributed by atoms with Crippen molar-refractivity contribution in [2.75, 3.05) is 31.2 Å². The molecule has 116 valence electrons. The van der Waals surface area contributed by atoms with Crippen LogP contribution in [0.15, 0.2) is 10.5 Å². The van der Waals surface area contributed by atoms with Gasteiger partial charge in [-0.2, -0.15) is 5.10 Å². The largest absolute Gasteiger partial charge is 0.378 e. The lowest BCUT2D eigenvalue weighted by Crippen LogP contribution is -2.36. The average Bonchev–Trinajstić information content (AvgIpc) is 2.97. The number of hydrogen-bond acceptors (Lipinski definition) is 6. The van der Waals surface area contributed by atoms with E-state index in [0.29, 0.717) is 0 Å². The Morgan fingerprint density at radius 1 is 1.43 bits per heavy atom. The molecule has 1 aromatic heterocycles. The molecule has 1 aromatic rings. The van der Waals surface area contributed by atoms with Gasteiger partial charge in [0.15, 0.2) is 5.13 Å². The van der Waals surface area contributed by atoms with Crippen LogP contribution in [-0.4, -0.2) is 42.9 Å². The van der Waals surface area contributed by atoms with Gasteiger partial charge in [0.2, 0.25) is 5.91 Å². The lowest BCUT2D eigenvalue weighted by Gasteiger charge is -2.26. The monoisotopic (exact) mass is 310 g/mol. The second-order valence-electron chi connectivity index (χ2n) is 4.82. The molecule has 1 aliphatic rings. The van der Waals surface area contributed by atoms with Gasteiger partial charge in [0.25, 0.3) is 0 Å². The third-order valence-electron chi connectivity index (χ3n) is 3.32. The lowest BCUT2D eigenvalue weighted by atomic mass is 10.2. The Hall–Kier alpha value is -1.47. The summed E-state index contributed by atoms with van der Waals surface area (Å²) in [5.41, 5.74) is 4.39. The number of nitrogens with zero attached hydrogens (tertiary/aromatic N) is 3. The summed E-state index contributed by atoms with van der Waals surface area (Å²) >= 11 is 1.57. The Labute approximate surface area is 129 Å². The van der Waals surface area contributed by atoms with E-state index in [0.717, 1.165) is 55.7 Å². The maximum absolute atomic E-state index is 11.8. The fourth-order valence-electron chi connectivity index (χ4n) is 2.03. The van der Waals surface area contributed by atoms with Crippen molar-refractivity contribution in [3.63, 3.8) is 0 Å². The summed E-state index contributed by atoms with van der Waals surface area (Å²) in [7, 11) is 0. The molecule has 1 aliphatic heterocycles. The van der Waals surface area contributed by atoms with Gasteiger partial charge in [0.1, 0.15) is 0 Å². The number of carbonyl (C=O) groups is 1. The Morgan fingerprint density at radius 3 is 2.81 bits per heavy atom. The predicted molar refractivity (Wildman–Crippen MR) is 85.0 cm³/mol. The van der Waals surface area contributed by atoms with E-state index in [1.807, 2.05) is 19.2 Å². The van der Waals surface area contributed by atoms with Gasteiger partial charge in [-0.15, -0.1) is 11.3 Å². The molecule has 1 amide bonds. The quantitative estimate of drug-likeness (QED) is 0.643. The minimum absolute atomic E-state index is 0.117. The predicted octanol–water partition coefficient (Wildman–Crippen LogP) is 1.81. The van der Waals surface area contributed by atoms with E-state index in [-0.39, 0.29) is 12.3 Å². The highest BCUT2D eigenvalue weighted by molar-refractivity contribution is 7.13. The highest BCUT2D eigenvalue weighted by Gasteiger charge is 2.15. The molecular formula is C14H22N4O2S.